The maximum Gasteiger partial charge on any atom is 0.169 e. The molecule has 3 atom stereocenters. The number of nitrogens with two attached hydrogens (primary N) is 1. The summed E-state index contributed by atoms with van der Waals surface area (Å²) in [6, 6.07) is 14.2. The van der Waals surface area contributed by atoms with Crippen molar-refractivity contribution in [3.63, 3.8) is 0 Å². The summed E-state index contributed by atoms with van der Waals surface area (Å²) < 4.78 is 0. The molecular weight excluding hydrogens is 478 g/mol. The second-order valence-corrected chi connectivity index (χ2v) is 10.4. The number of nitrogen functional groups attached to an aromatic ring is 1. The lowest BCUT2D eigenvalue weighted by Gasteiger charge is -2.43. The summed E-state index contributed by atoms with van der Waals surface area (Å²) in [5.41, 5.74) is 10.3. The Morgan fingerprint density at radius 1 is 1.03 bits per heavy atom. The Labute approximate surface area is 222 Å². The van der Waals surface area contributed by atoms with Crippen molar-refractivity contribution in [3.05, 3.63) is 54.4 Å². The summed E-state index contributed by atoms with van der Waals surface area (Å²) in [4.78, 5) is 11.6. The predicted octanol–water partition coefficient (Wildman–Crippen LogP) is 2.49. The second-order valence-electron chi connectivity index (χ2n) is 10.4. The van der Waals surface area contributed by atoms with Gasteiger partial charge in [-0.1, -0.05) is 18.1 Å². The number of nitrogens with zero attached hydrogens (tertiary/aromatic N) is 6. The van der Waals surface area contributed by atoms with E-state index >= 15 is 0 Å². The highest BCUT2D eigenvalue weighted by Crippen LogP contribution is 2.39. The smallest absolute Gasteiger partial charge is 0.169 e. The van der Waals surface area contributed by atoms with Crippen molar-refractivity contribution in [2.24, 2.45) is 0 Å². The van der Waals surface area contributed by atoms with Crippen molar-refractivity contribution >= 4 is 17.2 Å². The first-order valence-corrected chi connectivity index (χ1v) is 13.4. The topological polar surface area (TPSA) is 115 Å². The molecule has 3 fully saturated rings. The van der Waals surface area contributed by atoms with Gasteiger partial charge in [-0.05, 0) is 68.5 Å². The van der Waals surface area contributed by atoms with E-state index in [1.807, 2.05) is 24.4 Å². The van der Waals surface area contributed by atoms with E-state index in [4.69, 9.17) is 5.73 Å². The number of phenolic OH excluding ortho intramolecular Hbond substituents is 1. The molecule has 5 heterocycles. The fraction of sp³-hybridized carbons (Fsp3) is 0.414. The van der Waals surface area contributed by atoms with Gasteiger partial charge in [-0.3, -0.25) is 4.90 Å². The van der Waals surface area contributed by atoms with Crippen molar-refractivity contribution in [2.75, 3.05) is 48.3 Å². The van der Waals surface area contributed by atoms with Gasteiger partial charge in [-0.25, -0.2) is 4.98 Å². The lowest BCUT2D eigenvalue weighted by molar-refractivity contribution is 0.171. The number of para-hydroxylation sites is 1. The minimum Gasteiger partial charge on any atom is -0.507 e. The maximum atomic E-state index is 10.3. The zero-order valence-corrected chi connectivity index (χ0v) is 21.4. The molecule has 2 unspecified atom stereocenters. The Kier molecular flexibility index (Phi) is 6.75. The van der Waals surface area contributed by atoms with Gasteiger partial charge in [0, 0.05) is 48.7 Å². The van der Waals surface area contributed by atoms with Gasteiger partial charge in [0.15, 0.2) is 5.82 Å². The summed E-state index contributed by atoms with van der Waals surface area (Å²) in [6.45, 7) is 3.50. The van der Waals surface area contributed by atoms with Crippen LogP contribution >= 0.6 is 0 Å². The van der Waals surface area contributed by atoms with E-state index in [0.29, 0.717) is 35.7 Å². The molecule has 2 bridgehead atoms. The monoisotopic (exact) mass is 511 g/mol. The van der Waals surface area contributed by atoms with E-state index in [9.17, 15) is 10.2 Å². The molecule has 0 saturated carbocycles. The summed E-state index contributed by atoms with van der Waals surface area (Å²) in [7, 11) is 0. The lowest BCUT2D eigenvalue weighted by atomic mass is 10.1. The highest BCUT2D eigenvalue weighted by molar-refractivity contribution is 5.74. The Bertz CT molecular complexity index is 1360. The summed E-state index contributed by atoms with van der Waals surface area (Å²) in [6.07, 6.45) is 6.21. The van der Waals surface area contributed by atoms with E-state index in [0.717, 1.165) is 62.4 Å². The SMILES string of the molecule is Nc1nnc(-c2ccccc2O)cc1N1CC2CCC(C1)N2c1ccnc(C#CCN2CCC[C@H]2CO)c1. The highest BCUT2D eigenvalue weighted by atomic mass is 16.3. The second kappa shape index (κ2) is 10.5. The molecule has 4 N–H and O–H groups in total. The molecule has 196 valence electrons. The number of likely N-dealkylation sites (tertiary alicyclic amines) is 1. The molecule has 0 radical (unpaired) electrons. The number of pyridine rings is 1. The third kappa shape index (κ3) is 4.73. The minimum absolute atomic E-state index is 0.174. The van der Waals surface area contributed by atoms with Gasteiger partial charge in [0.2, 0.25) is 0 Å². The third-order valence-electron chi connectivity index (χ3n) is 8.05. The summed E-state index contributed by atoms with van der Waals surface area (Å²) in [5.74, 6) is 7.08. The van der Waals surface area contributed by atoms with Crippen LogP contribution < -0.4 is 15.5 Å². The predicted molar refractivity (Wildman–Crippen MR) is 148 cm³/mol. The van der Waals surface area contributed by atoms with E-state index in [1.54, 1.807) is 12.1 Å². The number of rotatable bonds is 5. The van der Waals surface area contributed by atoms with Crippen LogP contribution in [0.25, 0.3) is 11.3 Å². The number of hydrogen-bond acceptors (Lipinski definition) is 9. The van der Waals surface area contributed by atoms with Crippen LogP contribution in [0, 0.1) is 11.8 Å². The number of anilines is 3. The Morgan fingerprint density at radius 2 is 1.84 bits per heavy atom. The Morgan fingerprint density at radius 3 is 2.63 bits per heavy atom. The zero-order chi connectivity index (χ0) is 26.1. The Balaban J connectivity index is 1.18. The van der Waals surface area contributed by atoms with E-state index in [-0.39, 0.29) is 18.4 Å². The molecule has 9 nitrogen and oxygen atoms in total. The number of aromatic nitrogens is 3. The van der Waals surface area contributed by atoms with Crippen LogP contribution in [0.5, 0.6) is 5.75 Å². The fourth-order valence-corrected chi connectivity index (χ4v) is 6.18. The van der Waals surface area contributed by atoms with Gasteiger partial charge in [0.05, 0.1) is 24.5 Å². The molecule has 3 aliphatic rings. The molecule has 3 aliphatic heterocycles. The number of piperazine rings is 1. The van der Waals surface area contributed by atoms with Crippen LogP contribution in [0.2, 0.25) is 0 Å². The first-order valence-electron chi connectivity index (χ1n) is 13.4. The van der Waals surface area contributed by atoms with Crippen LogP contribution in [-0.4, -0.2) is 81.2 Å². The standard InChI is InChI=1S/C29H33N7O2/c30-29-27(16-26(32-33-29)25-7-1-2-8-28(25)38)35-17-22-9-10-23(18-35)36(22)21-11-12-31-20(15-21)5-3-13-34-14-4-6-24(34)19-37/h1-2,7-8,11-12,15-16,22-24,37-38H,4,6,9-10,13-14,17-19H2,(H2,30,33)/t22?,23?,24-/m0/s1. The summed E-state index contributed by atoms with van der Waals surface area (Å²) in [5, 5.41) is 28.3. The molecule has 0 amide bonds. The van der Waals surface area contributed by atoms with Crippen molar-refractivity contribution in [1.82, 2.24) is 20.1 Å². The minimum atomic E-state index is 0.174. The maximum absolute atomic E-state index is 10.3. The molecule has 0 aliphatic carbocycles. The van der Waals surface area contributed by atoms with Gasteiger partial charge in [-0.15, -0.1) is 10.2 Å². The van der Waals surface area contributed by atoms with E-state index in [2.05, 4.69) is 53.9 Å². The van der Waals surface area contributed by atoms with E-state index < -0.39 is 0 Å². The van der Waals surface area contributed by atoms with E-state index in [1.165, 1.54) is 0 Å². The van der Waals surface area contributed by atoms with Crippen LogP contribution in [-0.2, 0) is 0 Å². The first kappa shape index (κ1) is 24.5. The number of aliphatic hydroxyl groups is 1. The fourth-order valence-electron chi connectivity index (χ4n) is 6.18. The number of aromatic hydroxyl groups is 1. The number of phenols is 1. The number of benzene rings is 1. The van der Waals surface area contributed by atoms with Crippen LogP contribution in [0.4, 0.5) is 17.2 Å². The number of aliphatic hydroxyl groups excluding tert-OH is 1. The van der Waals surface area contributed by atoms with Crippen molar-refractivity contribution in [3.8, 4) is 28.8 Å². The van der Waals surface area contributed by atoms with Crippen LogP contribution in [0.15, 0.2) is 48.7 Å². The van der Waals surface area contributed by atoms with Gasteiger partial charge < -0.3 is 25.7 Å². The quantitative estimate of drug-likeness (QED) is 0.445. The Hall–Kier alpha value is -3.87. The molecule has 0 spiro atoms. The zero-order valence-electron chi connectivity index (χ0n) is 21.4. The van der Waals surface area contributed by atoms with Gasteiger partial charge in [0.25, 0.3) is 0 Å². The molecule has 38 heavy (non-hydrogen) atoms. The van der Waals surface area contributed by atoms with Crippen molar-refractivity contribution in [1.29, 1.82) is 0 Å². The number of hydrogen-bond donors (Lipinski definition) is 3. The normalized spacial score (nSPS) is 22.9. The molecule has 3 aromatic rings. The molecule has 1 aromatic carbocycles. The molecule has 3 saturated heterocycles. The van der Waals surface area contributed by atoms with Crippen LogP contribution in [0.3, 0.4) is 0 Å². The van der Waals surface area contributed by atoms with Gasteiger partial charge in [0.1, 0.15) is 11.4 Å². The van der Waals surface area contributed by atoms with Gasteiger partial charge >= 0.3 is 0 Å². The molecule has 2 aromatic heterocycles. The number of fused-ring (bicyclic) bond motifs is 2. The van der Waals surface area contributed by atoms with Crippen molar-refractivity contribution in [2.45, 2.75) is 43.8 Å². The van der Waals surface area contributed by atoms with Crippen LogP contribution in [0.1, 0.15) is 31.4 Å². The average molecular weight is 512 g/mol. The van der Waals surface area contributed by atoms with Crippen molar-refractivity contribution < 1.29 is 10.2 Å². The third-order valence-corrected chi connectivity index (χ3v) is 8.05. The first-order chi connectivity index (χ1) is 18.6. The lowest BCUT2D eigenvalue weighted by Crippen LogP contribution is -2.54. The highest BCUT2D eigenvalue weighted by Gasteiger charge is 2.40. The molecular formula is C29H33N7O2. The summed E-state index contributed by atoms with van der Waals surface area (Å²) >= 11 is 0. The largest absolute Gasteiger partial charge is 0.507 e. The molecule has 6 rings (SSSR count). The molecule has 9 heteroatoms. The average Bonchev–Trinajstić information content (AvgIpc) is 3.50. The van der Waals surface area contributed by atoms with Gasteiger partial charge in [-0.2, -0.15) is 0 Å².